The summed E-state index contributed by atoms with van der Waals surface area (Å²) >= 11 is 0. The van der Waals surface area contributed by atoms with Gasteiger partial charge in [-0.3, -0.25) is 0 Å². The summed E-state index contributed by atoms with van der Waals surface area (Å²) < 4.78 is 10.8. The number of nitrogens with two attached hydrogens (primary N) is 1. The molecule has 0 aliphatic heterocycles. The summed E-state index contributed by atoms with van der Waals surface area (Å²) in [5.74, 6) is 0. The Kier molecular flexibility index (Phi) is 5.75. The smallest absolute Gasteiger partial charge is 0.336 e. The lowest BCUT2D eigenvalue weighted by Crippen LogP contribution is -2.82. The fourth-order valence-corrected chi connectivity index (χ4v) is 2.46. The summed E-state index contributed by atoms with van der Waals surface area (Å²) in [6.45, 7) is 10.8. The van der Waals surface area contributed by atoms with E-state index in [1.165, 1.54) is 5.56 Å². The highest BCUT2D eigenvalue weighted by Crippen LogP contribution is 2.20. The lowest BCUT2D eigenvalue weighted by Gasteiger charge is -2.09. The van der Waals surface area contributed by atoms with E-state index in [1.807, 2.05) is 26.8 Å². The number of fused-ring (bicyclic) bond motifs is 1. The number of quaternary nitrogens is 1. The number of ether oxygens (including phenoxy) is 1. The first-order valence-electron chi connectivity index (χ1n) is 7.94. The van der Waals surface area contributed by atoms with E-state index in [0.29, 0.717) is 5.58 Å². The van der Waals surface area contributed by atoms with E-state index in [-0.39, 0.29) is 11.7 Å². The van der Waals surface area contributed by atoms with Crippen LogP contribution < -0.4 is 10.9 Å². The van der Waals surface area contributed by atoms with Crippen LogP contribution in [0, 0.1) is 13.8 Å². The molecule has 0 bridgehead atoms. The first-order valence-corrected chi connectivity index (χ1v) is 7.94. The Bertz CT molecular complexity index is 689. The van der Waals surface area contributed by atoms with Crippen molar-refractivity contribution >= 4 is 11.0 Å². The molecule has 0 radical (unpaired) electrons. The molecule has 4 heteroatoms. The maximum Gasteiger partial charge on any atom is 0.336 e. The minimum absolute atomic E-state index is 0.276. The second kappa shape index (κ2) is 7.56. The van der Waals surface area contributed by atoms with Crippen molar-refractivity contribution < 1.29 is 14.5 Å². The number of rotatable bonds is 7. The first-order chi connectivity index (χ1) is 10.5. The van der Waals surface area contributed by atoms with Crippen molar-refractivity contribution in [2.45, 2.75) is 46.8 Å². The van der Waals surface area contributed by atoms with Gasteiger partial charge in [-0.2, -0.15) is 0 Å². The van der Waals surface area contributed by atoms with Crippen LogP contribution in [0.3, 0.4) is 0 Å². The second-order valence-electron chi connectivity index (χ2n) is 6.08. The van der Waals surface area contributed by atoms with Crippen molar-refractivity contribution in [1.82, 2.24) is 0 Å². The fourth-order valence-electron chi connectivity index (χ4n) is 2.46. The molecule has 0 amide bonds. The number of aryl methyl sites for hydroxylation is 2. The Morgan fingerprint density at radius 1 is 1.18 bits per heavy atom. The average molecular weight is 304 g/mol. The number of hydrogen-bond acceptors (Lipinski definition) is 3. The predicted molar refractivity (Wildman–Crippen MR) is 88.2 cm³/mol. The van der Waals surface area contributed by atoms with Gasteiger partial charge in [0.25, 0.3) is 0 Å². The Balaban J connectivity index is 2.04. The molecule has 0 aliphatic carbocycles. The van der Waals surface area contributed by atoms with Gasteiger partial charge < -0.3 is 14.5 Å². The molecule has 1 aromatic heterocycles. The summed E-state index contributed by atoms with van der Waals surface area (Å²) in [4.78, 5) is 11.7. The molecular formula is C18H26NO3+. The third-order valence-corrected chi connectivity index (χ3v) is 3.81. The second-order valence-corrected chi connectivity index (χ2v) is 6.08. The minimum atomic E-state index is -0.276. The lowest BCUT2D eigenvalue weighted by molar-refractivity contribution is -0.670. The predicted octanol–water partition coefficient (Wildman–Crippen LogP) is 2.29. The molecule has 2 N–H and O–H groups in total. The molecular weight excluding hydrogens is 278 g/mol. The quantitative estimate of drug-likeness (QED) is 0.631. The van der Waals surface area contributed by atoms with Gasteiger partial charge in [-0.15, -0.1) is 0 Å². The molecule has 1 heterocycles. The van der Waals surface area contributed by atoms with Crippen LogP contribution >= 0.6 is 0 Å². The van der Waals surface area contributed by atoms with Crippen molar-refractivity contribution in [2.24, 2.45) is 0 Å². The summed E-state index contributed by atoms with van der Waals surface area (Å²) in [6, 6.07) is 5.67. The van der Waals surface area contributed by atoms with Gasteiger partial charge in [0.15, 0.2) is 0 Å². The monoisotopic (exact) mass is 304 g/mol. The van der Waals surface area contributed by atoms with Gasteiger partial charge in [-0.05, 0) is 51.0 Å². The molecule has 0 spiro atoms. The van der Waals surface area contributed by atoms with E-state index < -0.39 is 0 Å². The molecule has 4 nitrogen and oxygen atoms in total. The fraction of sp³-hybridized carbons (Fsp3) is 0.500. The minimum Gasteiger partial charge on any atom is -0.423 e. The van der Waals surface area contributed by atoms with E-state index in [0.717, 1.165) is 42.6 Å². The zero-order valence-electron chi connectivity index (χ0n) is 13.9. The Labute approximate surface area is 131 Å². The topological polar surface area (TPSA) is 56.0 Å². The van der Waals surface area contributed by atoms with Gasteiger partial charge in [0.05, 0.1) is 19.3 Å². The molecule has 0 saturated carbocycles. The van der Waals surface area contributed by atoms with Gasteiger partial charge in [0.2, 0.25) is 0 Å². The van der Waals surface area contributed by atoms with Gasteiger partial charge in [-0.1, -0.05) is 0 Å². The largest absolute Gasteiger partial charge is 0.423 e. The maximum absolute atomic E-state index is 11.7. The van der Waals surface area contributed by atoms with Crippen LogP contribution in [-0.4, -0.2) is 19.3 Å². The van der Waals surface area contributed by atoms with Crippen LogP contribution in [0.2, 0.25) is 0 Å². The van der Waals surface area contributed by atoms with Crippen LogP contribution in [0.1, 0.15) is 37.0 Å². The van der Waals surface area contributed by atoms with Crippen LogP contribution in [-0.2, 0) is 11.3 Å². The van der Waals surface area contributed by atoms with E-state index in [9.17, 15) is 4.79 Å². The number of hydrogen-bond donors (Lipinski definition) is 1. The Morgan fingerprint density at radius 2 is 1.91 bits per heavy atom. The molecule has 0 fully saturated rings. The first kappa shape index (κ1) is 16.7. The third-order valence-electron chi connectivity index (χ3n) is 3.81. The van der Waals surface area contributed by atoms with E-state index in [4.69, 9.17) is 9.15 Å². The molecule has 2 rings (SSSR count). The van der Waals surface area contributed by atoms with Crippen LogP contribution in [0.25, 0.3) is 11.0 Å². The van der Waals surface area contributed by atoms with Crippen molar-refractivity contribution in [3.8, 4) is 0 Å². The SMILES string of the molecule is Cc1cc2oc(=O)cc(C[NH2+]CCCOC(C)C)c2cc1C. The molecule has 0 saturated heterocycles. The highest BCUT2D eigenvalue weighted by Gasteiger charge is 2.09. The highest BCUT2D eigenvalue weighted by atomic mass is 16.5. The maximum atomic E-state index is 11.7. The van der Waals surface area contributed by atoms with Crippen molar-refractivity contribution in [1.29, 1.82) is 0 Å². The zero-order chi connectivity index (χ0) is 16.1. The standard InChI is InChI=1S/C18H25NO3/c1-12(2)21-7-5-6-19-11-15-10-18(20)22-17-9-14(4)13(3)8-16(15)17/h8-10,12,19H,5-7,11H2,1-4H3/p+1. The summed E-state index contributed by atoms with van der Waals surface area (Å²) in [5, 5.41) is 3.25. The summed E-state index contributed by atoms with van der Waals surface area (Å²) in [7, 11) is 0. The third kappa shape index (κ3) is 4.42. The van der Waals surface area contributed by atoms with Gasteiger partial charge in [0, 0.05) is 23.4 Å². The molecule has 22 heavy (non-hydrogen) atoms. The molecule has 1 aromatic carbocycles. The van der Waals surface area contributed by atoms with Gasteiger partial charge in [0.1, 0.15) is 12.1 Å². The van der Waals surface area contributed by atoms with Crippen molar-refractivity contribution in [3.63, 3.8) is 0 Å². The van der Waals surface area contributed by atoms with E-state index in [2.05, 4.69) is 18.3 Å². The van der Waals surface area contributed by atoms with E-state index >= 15 is 0 Å². The van der Waals surface area contributed by atoms with Crippen molar-refractivity contribution in [3.05, 3.63) is 45.3 Å². The number of benzene rings is 1. The molecule has 0 aliphatic rings. The van der Waals surface area contributed by atoms with Crippen molar-refractivity contribution in [2.75, 3.05) is 13.2 Å². The lowest BCUT2D eigenvalue weighted by atomic mass is 10.0. The summed E-state index contributed by atoms with van der Waals surface area (Å²) in [5.41, 5.74) is 3.80. The van der Waals surface area contributed by atoms with Crippen LogP contribution in [0.15, 0.2) is 27.4 Å². The normalized spacial score (nSPS) is 11.5. The van der Waals surface area contributed by atoms with Crippen LogP contribution in [0.5, 0.6) is 0 Å². The molecule has 120 valence electrons. The Morgan fingerprint density at radius 3 is 2.64 bits per heavy atom. The molecule has 0 unspecified atom stereocenters. The van der Waals surface area contributed by atoms with E-state index in [1.54, 1.807) is 6.07 Å². The molecule has 0 atom stereocenters. The molecule has 2 aromatic rings. The van der Waals surface area contributed by atoms with Gasteiger partial charge in [-0.25, -0.2) is 4.79 Å². The zero-order valence-corrected chi connectivity index (χ0v) is 13.9. The van der Waals surface area contributed by atoms with Crippen LogP contribution in [0.4, 0.5) is 0 Å². The summed E-state index contributed by atoms with van der Waals surface area (Å²) in [6.07, 6.45) is 1.30. The highest BCUT2D eigenvalue weighted by molar-refractivity contribution is 5.81. The Hall–Kier alpha value is -1.65. The van der Waals surface area contributed by atoms with Gasteiger partial charge >= 0.3 is 5.63 Å². The average Bonchev–Trinajstić information content (AvgIpc) is 2.44.